The number of pyridine rings is 1. The van der Waals surface area contributed by atoms with Crippen LogP contribution in [0.15, 0.2) is 35.3 Å². The maximum absolute atomic E-state index is 13.4. The monoisotopic (exact) mass is 363 g/mol. The quantitative estimate of drug-likeness (QED) is 0.899. The third kappa shape index (κ3) is 3.96. The van der Waals surface area contributed by atoms with Crippen LogP contribution in [0.5, 0.6) is 5.75 Å². The van der Waals surface area contributed by atoms with Crippen LogP contribution >= 0.6 is 0 Å². The van der Waals surface area contributed by atoms with Gasteiger partial charge < -0.3 is 14.4 Å². The molecule has 1 aromatic carbocycles. The molecule has 26 heavy (non-hydrogen) atoms. The van der Waals surface area contributed by atoms with Crippen molar-refractivity contribution in [1.82, 2.24) is 4.57 Å². The zero-order valence-corrected chi connectivity index (χ0v) is 15.0. The van der Waals surface area contributed by atoms with Crippen molar-refractivity contribution in [3.8, 4) is 16.9 Å². The van der Waals surface area contributed by atoms with Crippen molar-refractivity contribution < 1.29 is 18.6 Å². The summed E-state index contributed by atoms with van der Waals surface area (Å²) in [5, 5.41) is 9.45. The molecule has 0 radical (unpaired) electrons. The average Bonchev–Trinajstić information content (AvgIpc) is 2.61. The molecule has 0 aliphatic heterocycles. The van der Waals surface area contributed by atoms with Gasteiger partial charge in [-0.2, -0.15) is 0 Å². The number of ether oxygens (including phenoxy) is 1. The lowest BCUT2D eigenvalue weighted by Gasteiger charge is -2.29. The van der Waals surface area contributed by atoms with Crippen LogP contribution in [0.2, 0.25) is 0 Å². The maximum Gasteiger partial charge on any atom is 0.253 e. The summed E-state index contributed by atoms with van der Waals surface area (Å²) in [5.41, 5.74) is 2.77. The van der Waals surface area contributed by atoms with Gasteiger partial charge in [0, 0.05) is 42.8 Å². The zero-order chi connectivity index (χ0) is 18.9. The fourth-order valence-electron chi connectivity index (χ4n) is 3.34. The molecule has 1 aliphatic carbocycles. The third-order valence-corrected chi connectivity index (χ3v) is 4.86. The second-order valence-electron chi connectivity index (χ2n) is 6.99. The molecule has 1 saturated carbocycles. The van der Waals surface area contributed by atoms with Gasteiger partial charge in [0.1, 0.15) is 5.75 Å². The number of aliphatic hydroxyl groups excluding tert-OH is 1. The van der Waals surface area contributed by atoms with Crippen LogP contribution in [-0.4, -0.2) is 21.7 Å². The molecule has 4 nitrogen and oxygen atoms in total. The average molecular weight is 363 g/mol. The van der Waals surface area contributed by atoms with Crippen LogP contribution in [0.3, 0.4) is 0 Å². The highest BCUT2D eigenvalue weighted by Gasteiger charge is 2.35. The van der Waals surface area contributed by atoms with E-state index >= 15 is 0 Å². The summed E-state index contributed by atoms with van der Waals surface area (Å²) in [6.45, 7) is 1.62. The molecule has 6 heteroatoms. The Morgan fingerprint density at radius 2 is 1.96 bits per heavy atom. The third-order valence-electron chi connectivity index (χ3n) is 4.86. The van der Waals surface area contributed by atoms with E-state index in [1.165, 1.54) is 4.57 Å². The number of alkyl halides is 2. The number of hydrogen-bond donors (Lipinski definition) is 1. The molecule has 140 valence electrons. The first-order valence-electron chi connectivity index (χ1n) is 8.75. The Labute approximate surface area is 151 Å². The van der Waals surface area contributed by atoms with Gasteiger partial charge in [-0.15, -0.1) is 0 Å². The van der Waals surface area contributed by atoms with E-state index in [1.807, 2.05) is 6.07 Å². The molecule has 0 unspecified atom stereocenters. The number of rotatable bonds is 4. The van der Waals surface area contributed by atoms with Crippen LogP contribution in [0.25, 0.3) is 11.1 Å². The molecular formula is C20H23F2NO3. The van der Waals surface area contributed by atoms with Gasteiger partial charge in [0.05, 0.1) is 12.7 Å². The molecule has 0 atom stereocenters. The van der Waals surface area contributed by atoms with E-state index in [4.69, 9.17) is 4.74 Å². The summed E-state index contributed by atoms with van der Waals surface area (Å²) in [4.78, 5) is 12.0. The van der Waals surface area contributed by atoms with E-state index in [9.17, 15) is 18.7 Å². The van der Waals surface area contributed by atoms with Gasteiger partial charge >= 0.3 is 0 Å². The van der Waals surface area contributed by atoms with Crippen LogP contribution < -0.4 is 10.3 Å². The molecule has 1 heterocycles. The predicted molar refractivity (Wildman–Crippen MR) is 95.6 cm³/mol. The molecule has 0 saturated heterocycles. The number of halogens is 2. The van der Waals surface area contributed by atoms with Crippen molar-refractivity contribution in [2.75, 3.05) is 0 Å². The van der Waals surface area contributed by atoms with E-state index < -0.39 is 5.92 Å². The molecule has 3 rings (SSSR count). The standard InChI is InChI=1S/C20H23F2NO3/c1-13-9-15(11-23(2)19(13)25)17-10-14(12-24)3-4-18(17)26-16-5-7-20(21,22)8-6-16/h3-4,9-11,16,24H,5-8,12H2,1-2H3. The Balaban J connectivity index is 1.95. The van der Waals surface area contributed by atoms with Gasteiger partial charge in [0.15, 0.2) is 0 Å². The van der Waals surface area contributed by atoms with E-state index in [-0.39, 0.29) is 31.1 Å². The van der Waals surface area contributed by atoms with Gasteiger partial charge in [0.25, 0.3) is 5.56 Å². The zero-order valence-electron chi connectivity index (χ0n) is 15.0. The summed E-state index contributed by atoms with van der Waals surface area (Å²) in [5.74, 6) is -2.02. The fraction of sp³-hybridized carbons (Fsp3) is 0.450. The first-order valence-corrected chi connectivity index (χ1v) is 8.75. The second kappa shape index (κ2) is 7.19. The van der Waals surface area contributed by atoms with Crippen molar-refractivity contribution in [2.45, 2.75) is 51.2 Å². The van der Waals surface area contributed by atoms with Crippen LogP contribution in [-0.2, 0) is 13.7 Å². The normalized spacial score (nSPS) is 17.3. The SMILES string of the molecule is Cc1cc(-c2cc(CO)ccc2OC2CCC(F)(F)CC2)cn(C)c1=O. The smallest absolute Gasteiger partial charge is 0.253 e. The van der Waals surface area contributed by atoms with Crippen molar-refractivity contribution in [3.05, 3.63) is 51.9 Å². The summed E-state index contributed by atoms with van der Waals surface area (Å²) < 4.78 is 34.3. The Bertz CT molecular complexity index is 824. The molecule has 1 N–H and O–H groups in total. The number of aliphatic hydroxyl groups is 1. The van der Waals surface area contributed by atoms with Crippen molar-refractivity contribution >= 4 is 0 Å². The van der Waals surface area contributed by atoms with Gasteiger partial charge in [-0.05, 0) is 43.5 Å². The number of nitrogens with zero attached hydrogens (tertiary/aromatic N) is 1. The molecule has 0 amide bonds. The van der Waals surface area contributed by atoms with Crippen molar-refractivity contribution in [2.24, 2.45) is 7.05 Å². The Morgan fingerprint density at radius 3 is 2.58 bits per heavy atom. The number of hydrogen-bond acceptors (Lipinski definition) is 3. The minimum absolute atomic E-state index is 0.0796. The molecule has 0 spiro atoms. The minimum atomic E-state index is -2.60. The van der Waals surface area contributed by atoms with Crippen LogP contribution in [0, 0.1) is 6.92 Å². The van der Waals surface area contributed by atoms with E-state index in [2.05, 4.69) is 0 Å². The van der Waals surface area contributed by atoms with Crippen LogP contribution in [0.1, 0.15) is 36.8 Å². The molecule has 1 aliphatic rings. The van der Waals surface area contributed by atoms with Gasteiger partial charge in [-0.1, -0.05) is 6.07 Å². The van der Waals surface area contributed by atoms with Gasteiger partial charge in [0.2, 0.25) is 5.92 Å². The first-order chi connectivity index (χ1) is 12.3. The highest BCUT2D eigenvalue weighted by molar-refractivity contribution is 5.71. The Kier molecular flexibility index (Phi) is 5.14. The lowest BCUT2D eigenvalue weighted by atomic mass is 9.94. The van der Waals surface area contributed by atoms with Crippen LogP contribution in [0.4, 0.5) is 8.78 Å². The highest BCUT2D eigenvalue weighted by atomic mass is 19.3. The Hall–Kier alpha value is -2.21. The summed E-state index contributed by atoms with van der Waals surface area (Å²) >= 11 is 0. The molecule has 1 aromatic heterocycles. The second-order valence-corrected chi connectivity index (χ2v) is 6.99. The topological polar surface area (TPSA) is 51.5 Å². The highest BCUT2D eigenvalue weighted by Crippen LogP contribution is 2.37. The summed E-state index contributed by atoms with van der Waals surface area (Å²) in [7, 11) is 1.68. The number of benzene rings is 1. The van der Waals surface area contributed by atoms with E-state index in [1.54, 1.807) is 38.4 Å². The van der Waals surface area contributed by atoms with Gasteiger partial charge in [-0.3, -0.25) is 4.79 Å². The molecule has 1 fully saturated rings. The van der Waals surface area contributed by atoms with Gasteiger partial charge in [-0.25, -0.2) is 8.78 Å². The Morgan fingerprint density at radius 1 is 1.27 bits per heavy atom. The molecular weight excluding hydrogens is 340 g/mol. The van der Waals surface area contributed by atoms with Crippen molar-refractivity contribution in [3.63, 3.8) is 0 Å². The fourth-order valence-corrected chi connectivity index (χ4v) is 3.34. The molecule has 0 bridgehead atoms. The molecule has 2 aromatic rings. The van der Waals surface area contributed by atoms with E-state index in [0.29, 0.717) is 29.7 Å². The maximum atomic E-state index is 13.4. The first kappa shape index (κ1) is 18.6. The number of aromatic nitrogens is 1. The predicted octanol–water partition coefficient (Wildman–Crippen LogP) is 3.81. The summed E-state index contributed by atoms with van der Waals surface area (Å²) in [6, 6.07) is 7.10. The largest absolute Gasteiger partial charge is 0.490 e. The lowest BCUT2D eigenvalue weighted by molar-refractivity contribution is -0.0581. The lowest BCUT2D eigenvalue weighted by Crippen LogP contribution is -2.30. The van der Waals surface area contributed by atoms with E-state index in [0.717, 1.165) is 11.1 Å². The summed E-state index contributed by atoms with van der Waals surface area (Å²) in [6.07, 6.45) is 1.73. The van der Waals surface area contributed by atoms with Crippen molar-refractivity contribution in [1.29, 1.82) is 0 Å². The number of aryl methyl sites for hydroxylation is 2. The minimum Gasteiger partial charge on any atom is -0.490 e.